The Balaban J connectivity index is 1.94. The van der Waals surface area contributed by atoms with Crippen LogP contribution >= 0.6 is 0 Å². The third kappa shape index (κ3) is 5.07. The highest BCUT2D eigenvalue weighted by molar-refractivity contribution is 6.19. The van der Waals surface area contributed by atoms with Gasteiger partial charge in [-0.2, -0.15) is 0 Å². The predicted octanol–water partition coefficient (Wildman–Crippen LogP) is 3.09. The largest absolute Gasteiger partial charge is 0.506 e. The van der Waals surface area contributed by atoms with Crippen molar-refractivity contribution in [3.63, 3.8) is 0 Å². The highest BCUT2D eigenvalue weighted by Crippen LogP contribution is 2.18. The molecule has 1 aromatic carbocycles. The van der Waals surface area contributed by atoms with E-state index in [2.05, 4.69) is 29.1 Å². The summed E-state index contributed by atoms with van der Waals surface area (Å²) in [5, 5.41) is 13.1. The van der Waals surface area contributed by atoms with Crippen LogP contribution in [0.15, 0.2) is 53.2 Å². The molecule has 122 valence electrons. The van der Waals surface area contributed by atoms with E-state index in [1.165, 1.54) is 18.2 Å². The highest BCUT2D eigenvalue weighted by atomic mass is 16.3. The number of carbonyl (C=O) groups is 1. The molecule has 0 aliphatic heterocycles. The van der Waals surface area contributed by atoms with Gasteiger partial charge >= 0.3 is 0 Å². The fraction of sp³-hybridized carbons (Fsp3) is 0.333. The Morgan fingerprint density at radius 1 is 1.13 bits per heavy atom. The first-order chi connectivity index (χ1) is 11.1. The summed E-state index contributed by atoms with van der Waals surface area (Å²) in [5.41, 5.74) is 2.16. The van der Waals surface area contributed by atoms with Crippen molar-refractivity contribution in [3.05, 3.63) is 48.3 Å². The molecule has 0 atom stereocenters. The number of hydrogen-bond donors (Lipinski definition) is 2. The molecule has 0 spiro atoms. The molecule has 1 aromatic rings. The van der Waals surface area contributed by atoms with Crippen molar-refractivity contribution in [2.75, 3.05) is 31.5 Å². The van der Waals surface area contributed by atoms with Crippen LogP contribution in [0.4, 0.5) is 11.4 Å². The molecule has 0 amide bonds. The van der Waals surface area contributed by atoms with E-state index < -0.39 is 0 Å². The van der Waals surface area contributed by atoms with E-state index in [1.807, 2.05) is 24.3 Å². The third-order valence-electron chi connectivity index (χ3n) is 3.72. The normalized spacial score (nSPS) is 16.0. The average molecular weight is 313 g/mol. The molecule has 0 heterocycles. The Labute approximate surface area is 137 Å². The molecular formula is C18H23N3O2. The van der Waals surface area contributed by atoms with Gasteiger partial charge in [-0.1, -0.05) is 13.8 Å². The van der Waals surface area contributed by atoms with E-state index in [4.69, 9.17) is 0 Å². The monoisotopic (exact) mass is 313 g/mol. The van der Waals surface area contributed by atoms with Gasteiger partial charge < -0.3 is 15.3 Å². The van der Waals surface area contributed by atoms with Crippen LogP contribution in [-0.4, -0.2) is 47.7 Å². The van der Waals surface area contributed by atoms with Gasteiger partial charge in [0.05, 0.1) is 5.69 Å². The van der Waals surface area contributed by atoms with Crippen molar-refractivity contribution < 1.29 is 9.90 Å². The topological polar surface area (TPSA) is 64.9 Å². The lowest BCUT2D eigenvalue weighted by atomic mass is 10.1. The first-order valence-corrected chi connectivity index (χ1v) is 7.90. The molecular weight excluding hydrogens is 290 g/mol. The summed E-state index contributed by atoms with van der Waals surface area (Å²) in [7, 11) is 0. The molecule has 0 bridgehead atoms. The van der Waals surface area contributed by atoms with Crippen molar-refractivity contribution in [3.8, 4) is 0 Å². The molecule has 0 radical (unpaired) electrons. The first-order valence-electron chi connectivity index (χ1n) is 7.90. The SMILES string of the molecule is CCN(CC)CCNc1ccc(/N=C2\C=CC(=O)C=C2O)cc1. The van der Waals surface area contributed by atoms with Crippen LogP contribution in [0.5, 0.6) is 0 Å². The molecule has 0 fully saturated rings. The van der Waals surface area contributed by atoms with Crippen LogP contribution in [0.25, 0.3) is 0 Å². The lowest BCUT2D eigenvalue weighted by molar-refractivity contribution is -0.110. The Kier molecular flexibility index (Phi) is 6.11. The van der Waals surface area contributed by atoms with E-state index in [1.54, 1.807) is 0 Å². The molecule has 23 heavy (non-hydrogen) atoms. The zero-order valence-corrected chi connectivity index (χ0v) is 13.6. The smallest absolute Gasteiger partial charge is 0.182 e. The fourth-order valence-corrected chi connectivity index (χ4v) is 2.29. The summed E-state index contributed by atoms with van der Waals surface area (Å²) >= 11 is 0. The van der Waals surface area contributed by atoms with Crippen molar-refractivity contribution in [2.24, 2.45) is 4.99 Å². The molecule has 1 aliphatic carbocycles. The van der Waals surface area contributed by atoms with Gasteiger partial charge in [-0.05, 0) is 49.5 Å². The second kappa shape index (κ2) is 8.29. The molecule has 0 aromatic heterocycles. The van der Waals surface area contributed by atoms with Crippen molar-refractivity contribution in [1.82, 2.24) is 4.90 Å². The summed E-state index contributed by atoms with van der Waals surface area (Å²) in [6, 6.07) is 7.68. The lowest BCUT2D eigenvalue weighted by Gasteiger charge is -2.18. The number of aliphatic hydroxyl groups is 1. The van der Waals surface area contributed by atoms with Crippen LogP contribution in [0.3, 0.4) is 0 Å². The lowest BCUT2D eigenvalue weighted by Crippen LogP contribution is -2.28. The number of allylic oxidation sites excluding steroid dienone is 3. The van der Waals surface area contributed by atoms with Gasteiger partial charge in [0.25, 0.3) is 0 Å². The first kappa shape index (κ1) is 17.0. The van der Waals surface area contributed by atoms with Crippen LogP contribution in [0, 0.1) is 0 Å². The Hall–Kier alpha value is -2.40. The summed E-state index contributed by atoms with van der Waals surface area (Å²) in [5.74, 6) is -0.326. The number of nitrogens with zero attached hydrogens (tertiary/aromatic N) is 2. The summed E-state index contributed by atoms with van der Waals surface area (Å²) < 4.78 is 0. The molecule has 0 unspecified atom stereocenters. The van der Waals surface area contributed by atoms with E-state index in [0.29, 0.717) is 5.71 Å². The minimum atomic E-state index is -0.228. The number of rotatable bonds is 7. The quantitative estimate of drug-likeness (QED) is 0.759. The predicted molar refractivity (Wildman–Crippen MR) is 94.7 cm³/mol. The molecule has 0 saturated carbocycles. The summed E-state index contributed by atoms with van der Waals surface area (Å²) in [6.07, 6.45) is 4.08. The van der Waals surface area contributed by atoms with E-state index in [9.17, 15) is 9.90 Å². The molecule has 5 heteroatoms. The van der Waals surface area contributed by atoms with Gasteiger partial charge in [0, 0.05) is 24.9 Å². The number of benzene rings is 1. The number of aliphatic imine (C=N–C) groups is 1. The van der Waals surface area contributed by atoms with Gasteiger partial charge in [-0.25, -0.2) is 4.99 Å². The standard InChI is InChI=1S/C18H23N3O2/c1-3-21(4-2)12-11-19-14-5-7-15(8-6-14)20-17-10-9-16(22)13-18(17)23/h5-10,13,19,23H,3-4,11-12H2,1-2H3/b20-17+. The number of likely N-dealkylation sites (N-methyl/N-ethyl adjacent to an activating group) is 1. The fourth-order valence-electron chi connectivity index (χ4n) is 2.29. The number of anilines is 1. The van der Waals surface area contributed by atoms with E-state index in [-0.39, 0.29) is 11.5 Å². The Morgan fingerprint density at radius 3 is 2.43 bits per heavy atom. The average Bonchev–Trinajstić information content (AvgIpc) is 2.56. The van der Waals surface area contributed by atoms with Crippen LogP contribution in [-0.2, 0) is 4.79 Å². The van der Waals surface area contributed by atoms with Crippen molar-refractivity contribution in [2.45, 2.75) is 13.8 Å². The van der Waals surface area contributed by atoms with Crippen molar-refractivity contribution in [1.29, 1.82) is 0 Å². The Bertz CT molecular complexity index is 626. The van der Waals surface area contributed by atoms with Gasteiger partial charge in [0.15, 0.2) is 5.78 Å². The summed E-state index contributed by atoms with van der Waals surface area (Å²) in [4.78, 5) is 17.8. The highest BCUT2D eigenvalue weighted by Gasteiger charge is 2.09. The van der Waals surface area contributed by atoms with E-state index >= 15 is 0 Å². The number of ketones is 1. The van der Waals surface area contributed by atoms with Gasteiger partial charge in [-0.15, -0.1) is 0 Å². The maximum atomic E-state index is 11.1. The second-order valence-corrected chi connectivity index (χ2v) is 5.26. The molecule has 2 N–H and O–H groups in total. The number of carbonyl (C=O) groups excluding carboxylic acids is 1. The van der Waals surface area contributed by atoms with Crippen molar-refractivity contribution >= 4 is 22.9 Å². The minimum absolute atomic E-state index is 0.0982. The maximum absolute atomic E-state index is 11.1. The zero-order valence-electron chi connectivity index (χ0n) is 13.6. The molecule has 5 nitrogen and oxygen atoms in total. The van der Waals surface area contributed by atoms with Crippen LogP contribution < -0.4 is 5.32 Å². The zero-order chi connectivity index (χ0) is 16.7. The summed E-state index contributed by atoms with van der Waals surface area (Å²) in [6.45, 7) is 8.34. The molecule has 2 rings (SSSR count). The Morgan fingerprint density at radius 2 is 1.83 bits per heavy atom. The minimum Gasteiger partial charge on any atom is -0.506 e. The second-order valence-electron chi connectivity index (χ2n) is 5.26. The van der Waals surface area contributed by atoms with E-state index in [0.717, 1.165) is 37.6 Å². The number of nitrogens with one attached hydrogen (secondary N) is 1. The van der Waals surface area contributed by atoms with Crippen LogP contribution in [0.1, 0.15) is 13.8 Å². The van der Waals surface area contributed by atoms with Gasteiger partial charge in [-0.3, -0.25) is 4.79 Å². The molecule has 1 aliphatic rings. The molecule has 0 saturated heterocycles. The van der Waals surface area contributed by atoms with Crippen LogP contribution in [0.2, 0.25) is 0 Å². The number of aliphatic hydroxyl groups excluding tert-OH is 1. The third-order valence-corrected chi connectivity index (χ3v) is 3.72. The number of hydrogen-bond acceptors (Lipinski definition) is 5. The van der Waals surface area contributed by atoms with Gasteiger partial charge in [0.2, 0.25) is 0 Å². The van der Waals surface area contributed by atoms with Gasteiger partial charge in [0.1, 0.15) is 11.5 Å². The maximum Gasteiger partial charge on any atom is 0.182 e.